The quantitative estimate of drug-likeness (QED) is 0.826. The van der Waals surface area contributed by atoms with Crippen LogP contribution in [0.5, 0.6) is 0 Å². The average Bonchev–Trinajstić information content (AvgIpc) is 2.24. The lowest BCUT2D eigenvalue weighted by Gasteiger charge is -2.59. The lowest BCUT2D eigenvalue weighted by Crippen LogP contribution is -2.70. The Hall–Kier alpha value is -0.430. The fraction of sp³-hybridized carbons (Fsp3) is 0.500. The Kier molecular flexibility index (Phi) is 3.11. The Morgan fingerprint density at radius 1 is 1.15 bits per heavy atom. The third-order valence-corrected chi connectivity index (χ3v) is 6.67. The molecular weight excluding hydrogens is 331 g/mol. The van der Waals surface area contributed by atoms with Crippen LogP contribution in [0.2, 0.25) is 10.0 Å². The number of halogens is 4. The Morgan fingerprint density at radius 2 is 1.80 bits per heavy atom. The molecule has 1 aromatic carbocycles. The van der Waals surface area contributed by atoms with Gasteiger partial charge in [-0.25, -0.2) is 17.2 Å². The third-order valence-electron chi connectivity index (χ3n) is 4.16. The van der Waals surface area contributed by atoms with Gasteiger partial charge in [-0.2, -0.15) is 4.31 Å². The zero-order valence-electron chi connectivity index (χ0n) is 10.2. The molecule has 1 aromatic rings. The second kappa shape index (κ2) is 4.29. The number of hydrogen-bond donors (Lipinski definition) is 0. The van der Waals surface area contributed by atoms with Gasteiger partial charge in [0.1, 0.15) is 4.90 Å². The van der Waals surface area contributed by atoms with Gasteiger partial charge in [-0.05, 0) is 24.6 Å². The molecule has 0 amide bonds. The van der Waals surface area contributed by atoms with E-state index in [2.05, 4.69) is 0 Å². The van der Waals surface area contributed by atoms with Crippen molar-refractivity contribution in [1.29, 1.82) is 0 Å². The average molecular weight is 342 g/mol. The van der Waals surface area contributed by atoms with E-state index >= 15 is 0 Å². The zero-order chi connectivity index (χ0) is 14.8. The molecule has 0 atom stereocenters. The summed E-state index contributed by atoms with van der Waals surface area (Å²) in [5, 5.41) is 0.318. The first kappa shape index (κ1) is 14.5. The smallest absolute Gasteiger partial charge is 0.207 e. The highest BCUT2D eigenvalue weighted by atomic mass is 35.5. The van der Waals surface area contributed by atoms with Crippen LogP contribution in [0.15, 0.2) is 23.1 Å². The van der Waals surface area contributed by atoms with E-state index in [1.807, 2.05) is 0 Å². The van der Waals surface area contributed by atoms with Crippen molar-refractivity contribution in [2.75, 3.05) is 13.1 Å². The second-order valence-corrected chi connectivity index (χ2v) is 8.08. The van der Waals surface area contributed by atoms with Crippen LogP contribution in [-0.2, 0) is 10.0 Å². The van der Waals surface area contributed by atoms with Crippen molar-refractivity contribution in [3.8, 4) is 0 Å². The lowest BCUT2D eigenvalue weighted by molar-refractivity contribution is -0.242. The molecule has 0 radical (unpaired) electrons. The Bertz CT molecular complexity index is 672. The van der Waals surface area contributed by atoms with Crippen molar-refractivity contribution in [2.24, 2.45) is 5.41 Å². The number of alkyl halides is 2. The summed E-state index contributed by atoms with van der Waals surface area (Å²) in [6.45, 7) is -0.303. The fourth-order valence-electron chi connectivity index (χ4n) is 2.68. The molecule has 0 bridgehead atoms. The van der Waals surface area contributed by atoms with Crippen molar-refractivity contribution in [3.05, 3.63) is 28.2 Å². The highest BCUT2D eigenvalue weighted by molar-refractivity contribution is 7.89. The number of rotatable bonds is 2. The number of nitrogens with zero attached hydrogens (tertiary/aromatic N) is 1. The van der Waals surface area contributed by atoms with E-state index in [0.29, 0.717) is 11.4 Å². The first-order valence-electron chi connectivity index (χ1n) is 6.01. The number of sulfonamides is 1. The van der Waals surface area contributed by atoms with E-state index in [1.54, 1.807) is 0 Å². The molecule has 0 N–H and O–H groups in total. The first-order chi connectivity index (χ1) is 9.18. The van der Waals surface area contributed by atoms with E-state index in [-0.39, 0.29) is 29.4 Å². The molecule has 110 valence electrons. The molecule has 1 saturated carbocycles. The molecule has 0 aromatic heterocycles. The molecule has 3 nitrogen and oxygen atoms in total. The Balaban J connectivity index is 1.85. The predicted molar refractivity (Wildman–Crippen MR) is 71.8 cm³/mol. The normalized spacial score (nSPS) is 24.2. The van der Waals surface area contributed by atoms with E-state index in [0.717, 1.165) is 4.31 Å². The molecule has 3 rings (SSSR count). The summed E-state index contributed by atoms with van der Waals surface area (Å²) in [5.74, 6) is -2.76. The first-order valence-corrected chi connectivity index (χ1v) is 8.21. The van der Waals surface area contributed by atoms with Gasteiger partial charge in [-0.3, -0.25) is 0 Å². The van der Waals surface area contributed by atoms with Gasteiger partial charge >= 0.3 is 0 Å². The van der Waals surface area contributed by atoms with Crippen LogP contribution in [0.1, 0.15) is 12.8 Å². The van der Waals surface area contributed by atoms with Gasteiger partial charge < -0.3 is 0 Å². The summed E-state index contributed by atoms with van der Waals surface area (Å²) in [7, 11) is -3.84. The number of benzene rings is 1. The van der Waals surface area contributed by atoms with Gasteiger partial charge in [-0.1, -0.05) is 23.2 Å². The Labute approximate surface area is 125 Å². The molecule has 0 unspecified atom stereocenters. The maximum atomic E-state index is 13.5. The van der Waals surface area contributed by atoms with Gasteiger partial charge in [0.2, 0.25) is 10.0 Å². The largest absolute Gasteiger partial charge is 0.256 e. The van der Waals surface area contributed by atoms with Crippen LogP contribution < -0.4 is 0 Å². The molecule has 1 heterocycles. The second-order valence-electron chi connectivity index (χ2n) is 5.33. The number of hydrogen-bond acceptors (Lipinski definition) is 2. The summed E-state index contributed by atoms with van der Waals surface area (Å²) in [6, 6.07) is 4.03. The highest BCUT2D eigenvalue weighted by Gasteiger charge is 2.68. The molecule has 1 aliphatic heterocycles. The minimum Gasteiger partial charge on any atom is -0.207 e. The van der Waals surface area contributed by atoms with Gasteiger partial charge in [0.15, 0.2) is 0 Å². The predicted octanol–water partition coefficient (Wildman–Crippen LogP) is 3.41. The van der Waals surface area contributed by atoms with Crippen LogP contribution >= 0.6 is 23.2 Å². The van der Waals surface area contributed by atoms with E-state index in [4.69, 9.17) is 23.2 Å². The molecule has 2 fully saturated rings. The molecule has 1 saturated heterocycles. The minimum atomic E-state index is -3.84. The maximum absolute atomic E-state index is 13.5. The third kappa shape index (κ3) is 1.89. The van der Waals surface area contributed by atoms with Gasteiger partial charge in [0, 0.05) is 24.5 Å². The summed E-state index contributed by atoms with van der Waals surface area (Å²) in [6.07, 6.45) is 0.197. The highest BCUT2D eigenvalue weighted by Crippen LogP contribution is 2.59. The molecule has 1 spiro atoms. The van der Waals surface area contributed by atoms with Crippen LogP contribution in [-0.4, -0.2) is 31.7 Å². The Morgan fingerprint density at radius 3 is 2.25 bits per heavy atom. The van der Waals surface area contributed by atoms with Crippen molar-refractivity contribution < 1.29 is 17.2 Å². The van der Waals surface area contributed by atoms with Crippen molar-refractivity contribution in [3.63, 3.8) is 0 Å². The van der Waals surface area contributed by atoms with Gasteiger partial charge in [-0.15, -0.1) is 0 Å². The van der Waals surface area contributed by atoms with Crippen molar-refractivity contribution >= 4 is 33.2 Å². The standard InChI is InChI=1S/C12H11Cl2F2NO2S/c13-8-1-2-10(9(14)5-8)20(18,19)17-6-11(7-17)3-4-12(11,15)16/h1-2,5H,3-4,6-7H2. The molecule has 20 heavy (non-hydrogen) atoms. The zero-order valence-corrected chi connectivity index (χ0v) is 12.6. The van der Waals surface area contributed by atoms with Crippen LogP contribution in [0, 0.1) is 5.41 Å². The summed E-state index contributed by atoms with van der Waals surface area (Å²) in [4.78, 5) is -0.0962. The summed E-state index contributed by atoms with van der Waals surface area (Å²) < 4.78 is 52.7. The van der Waals surface area contributed by atoms with Crippen LogP contribution in [0.3, 0.4) is 0 Å². The van der Waals surface area contributed by atoms with Gasteiger partial charge in [0.25, 0.3) is 5.92 Å². The monoisotopic (exact) mass is 341 g/mol. The van der Waals surface area contributed by atoms with Crippen LogP contribution in [0.25, 0.3) is 0 Å². The maximum Gasteiger partial charge on any atom is 0.256 e. The summed E-state index contributed by atoms with van der Waals surface area (Å²) >= 11 is 11.6. The van der Waals surface area contributed by atoms with E-state index < -0.39 is 21.4 Å². The molecule has 8 heteroatoms. The molecular formula is C12H11Cl2F2NO2S. The SMILES string of the molecule is O=S(=O)(c1ccc(Cl)cc1Cl)N1CC2(CCC2(F)F)C1. The van der Waals surface area contributed by atoms with Gasteiger partial charge in [0.05, 0.1) is 10.4 Å². The van der Waals surface area contributed by atoms with Crippen molar-refractivity contribution in [1.82, 2.24) is 4.31 Å². The fourth-order valence-corrected chi connectivity index (χ4v) is 5.04. The lowest BCUT2D eigenvalue weighted by atomic mass is 9.61. The topological polar surface area (TPSA) is 37.4 Å². The molecule has 1 aliphatic carbocycles. The van der Waals surface area contributed by atoms with E-state index in [1.165, 1.54) is 18.2 Å². The van der Waals surface area contributed by atoms with Crippen LogP contribution in [0.4, 0.5) is 8.78 Å². The van der Waals surface area contributed by atoms with Crippen molar-refractivity contribution in [2.45, 2.75) is 23.7 Å². The summed E-state index contributed by atoms with van der Waals surface area (Å²) in [5.41, 5.74) is -1.17. The minimum absolute atomic E-state index is 0.00109. The molecule has 2 aliphatic rings. The van der Waals surface area contributed by atoms with E-state index in [9.17, 15) is 17.2 Å².